The van der Waals surface area contributed by atoms with Crippen LogP contribution < -0.4 is 0 Å². The van der Waals surface area contributed by atoms with E-state index in [-0.39, 0.29) is 12.0 Å². The van der Waals surface area contributed by atoms with Gasteiger partial charge in [-0.15, -0.1) is 0 Å². The van der Waals surface area contributed by atoms with Crippen molar-refractivity contribution < 1.29 is 15.0 Å². The zero-order chi connectivity index (χ0) is 8.36. The van der Waals surface area contributed by atoms with Gasteiger partial charge in [0.1, 0.15) is 0 Å². The molecule has 0 aliphatic rings. The predicted octanol–water partition coefficient (Wildman–Crippen LogP) is 0.788. The summed E-state index contributed by atoms with van der Waals surface area (Å²) in [7, 11) is 0. The quantitative estimate of drug-likeness (QED) is 0.576. The van der Waals surface area contributed by atoms with Crippen LogP contribution in [0.4, 0.5) is 0 Å². The number of hydrogen-bond donors (Lipinski definition) is 2. The van der Waals surface area contributed by atoms with Crippen molar-refractivity contribution in [1.82, 2.24) is 0 Å². The number of carboxylic acids is 1. The maximum Gasteiger partial charge on any atom is 0.340 e. The third-order valence-corrected chi connectivity index (χ3v) is 1.57. The van der Waals surface area contributed by atoms with Crippen LogP contribution in [0.1, 0.15) is 20.3 Å². The fourth-order valence-electron chi connectivity index (χ4n) is 0.636. The maximum absolute atomic E-state index is 10.4. The molecule has 0 radical (unpaired) electrons. The van der Waals surface area contributed by atoms with Crippen molar-refractivity contribution in [3.05, 3.63) is 12.2 Å². The number of hydrogen-bond acceptors (Lipinski definition) is 2. The van der Waals surface area contributed by atoms with Crippen LogP contribution in [0.15, 0.2) is 12.2 Å². The Labute approximate surface area is 60.0 Å². The molecule has 0 aliphatic carbocycles. The van der Waals surface area contributed by atoms with Gasteiger partial charge in [0.05, 0.1) is 0 Å². The first kappa shape index (κ1) is 9.17. The molecule has 58 valence electrons. The summed E-state index contributed by atoms with van der Waals surface area (Å²) in [5, 5.41) is 17.8. The molecule has 0 bridgehead atoms. The Morgan fingerprint density at radius 1 is 1.70 bits per heavy atom. The third kappa shape index (κ3) is 1.36. The number of aliphatic carboxylic acids is 1. The van der Waals surface area contributed by atoms with Crippen molar-refractivity contribution in [1.29, 1.82) is 0 Å². The Balaban J connectivity index is 4.55. The van der Waals surface area contributed by atoms with Crippen molar-refractivity contribution in [2.45, 2.75) is 25.9 Å². The Hall–Kier alpha value is -0.830. The van der Waals surface area contributed by atoms with Gasteiger partial charge in [0.25, 0.3) is 0 Å². The Kier molecular flexibility index (Phi) is 2.60. The fourth-order valence-corrected chi connectivity index (χ4v) is 0.636. The molecule has 0 aromatic carbocycles. The molecule has 2 N–H and O–H groups in total. The molecule has 0 fully saturated rings. The minimum Gasteiger partial charge on any atom is -0.479 e. The van der Waals surface area contributed by atoms with Crippen molar-refractivity contribution >= 4 is 5.97 Å². The largest absolute Gasteiger partial charge is 0.479 e. The zero-order valence-corrected chi connectivity index (χ0v) is 6.22. The highest BCUT2D eigenvalue weighted by Crippen LogP contribution is 2.18. The molecule has 1 atom stereocenters. The van der Waals surface area contributed by atoms with Crippen molar-refractivity contribution in [3.63, 3.8) is 0 Å². The minimum absolute atomic E-state index is 0.150. The molecule has 0 aliphatic heterocycles. The molecule has 0 aromatic rings. The molecule has 0 saturated carbocycles. The standard InChI is InChI=1S/C7H12O3/c1-4-7(10,5(2)3)6(8)9/h10H,2,4H2,1,3H3,(H,8,9). The summed E-state index contributed by atoms with van der Waals surface area (Å²) in [5.74, 6) is -1.23. The molecule has 0 saturated heterocycles. The molecular formula is C7H12O3. The second kappa shape index (κ2) is 2.84. The van der Waals surface area contributed by atoms with E-state index < -0.39 is 11.6 Å². The predicted molar refractivity (Wildman–Crippen MR) is 37.7 cm³/mol. The summed E-state index contributed by atoms with van der Waals surface area (Å²) in [6, 6.07) is 0. The Morgan fingerprint density at radius 2 is 2.10 bits per heavy atom. The minimum atomic E-state index is -1.74. The number of rotatable bonds is 3. The van der Waals surface area contributed by atoms with E-state index in [1.165, 1.54) is 6.92 Å². The van der Waals surface area contributed by atoms with Crippen LogP contribution in [0.25, 0.3) is 0 Å². The smallest absolute Gasteiger partial charge is 0.340 e. The number of carbonyl (C=O) groups is 1. The average molecular weight is 144 g/mol. The molecular weight excluding hydrogens is 132 g/mol. The number of aliphatic hydroxyl groups is 1. The highest BCUT2D eigenvalue weighted by molar-refractivity contribution is 5.80. The lowest BCUT2D eigenvalue weighted by Crippen LogP contribution is -2.38. The second-order valence-corrected chi connectivity index (χ2v) is 2.30. The average Bonchev–Trinajstić information content (AvgIpc) is 1.85. The van der Waals surface area contributed by atoms with Gasteiger partial charge in [-0.05, 0) is 18.9 Å². The molecule has 0 heterocycles. The molecule has 3 heteroatoms. The first-order valence-electron chi connectivity index (χ1n) is 3.07. The molecule has 0 amide bonds. The fraction of sp³-hybridized carbons (Fsp3) is 0.571. The van der Waals surface area contributed by atoms with Crippen LogP contribution in [0.2, 0.25) is 0 Å². The van der Waals surface area contributed by atoms with Gasteiger partial charge >= 0.3 is 5.97 Å². The first-order chi connectivity index (χ1) is 4.45. The molecule has 10 heavy (non-hydrogen) atoms. The Morgan fingerprint density at radius 3 is 2.10 bits per heavy atom. The van der Waals surface area contributed by atoms with E-state index >= 15 is 0 Å². The monoisotopic (exact) mass is 144 g/mol. The van der Waals surface area contributed by atoms with Crippen LogP contribution in [0.3, 0.4) is 0 Å². The van der Waals surface area contributed by atoms with Gasteiger partial charge in [-0.3, -0.25) is 0 Å². The van der Waals surface area contributed by atoms with Crippen LogP contribution in [-0.4, -0.2) is 21.8 Å². The maximum atomic E-state index is 10.4. The highest BCUT2D eigenvalue weighted by Gasteiger charge is 2.34. The van der Waals surface area contributed by atoms with E-state index in [0.717, 1.165) is 0 Å². The van der Waals surface area contributed by atoms with Gasteiger partial charge in [0.15, 0.2) is 5.60 Å². The molecule has 0 aromatic heterocycles. The highest BCUT2D eigenvalue weighted by atomic mass is 16.4. The van der Waals surface area contributed by atoms with E-state index in [0.29, 0.717) is 0 Å². The lowest BCUT2D eigenvalue weighted by Gasteiger charge is -2.21. The van der Waals surface area contributed by atoms with Gasteiger partial charge in [-0.25, -0.2) is 4.79 Å². The summed E-state index contributed by atoms with van der Waals surface area (Å²) >= 11 is 0. The van der Waals surface area contributed by atoms with Crippen LogP contribution >= 0.6 is 0 Å². The SMILES string of the molecule is C=C(C)C(O)(CC)C(=O)O. The van der Waals surface area contributed by atoms with Gasteiger partial charge in [0, 0.05) is 0 Å². The summed E-state index contributed by atoms with van der Waals surface area (Å²) in [4.78, 5) is 10.4. The normalized spacial score (nSPS) is 15.9. The van der Waals surface area contributed by atoms with Crippen molar-refractivity contribution in [2.75, 3.05) is 0 Å². The number of carboxylic acid groups (broad SMARTS) is 1. The summed E-state index contributed by atoms with van der Waals surface area (Å²) in [5.41, 5.74) is -1.47. The molecule has 0 spiro atoms. The topological polar surface area (TPSA) is 57.5 Å². The van der Waals surface area contributed by atoms with E-state index in [9.17, 15) is 9.90 Å². The molecule has 3 nitrogen and oxygen atoms in total. The van der Waals surface area contributed by atoms with E-state index in [1.54, 1.807) is 6.92 Å². The van der Waals surface area contributed by atoms with E-state index in [2.05, 4.69) is 6.58 Å². The molecule has 1 unspecified atom stereocenters. The van der Waals surface area contributed by atoms with Gasteiger partial charge in [-0.2, -0.15) is 0 Å². The van der Waals surface area contributed by atoms with Crippen molar-refractivity contribution in [2.24, 2.45) is 0 Å². The van der Waals surface area contributed by atoms with Crippen LogP contribution in [0.5, 0.6) is 0 Å². The summed E-state index contributed by atoms with van der Waals surface area (Å²) < 4.78 is 0. The lowest BCUT2D eigenvalue weighted by molar-refractivity contribution is -0.154. The van der Waals surface area contributed by atoms with Crippen LogP contribution in [-0.2, 0) is 4.79 Å². The van der Waals surface area contributed by atoms with Gasteiger partial charge in [-0.1, -0.05) is 13.5 Å². The lowest BCUT2D eigenvalue weighted by atomic mass is 9.94. The second-order valence-electron chi connectivity index (χ2n) is 2.30. The zero-order valence-electron chi connectivity index (χ0n) is 6.22. The Bertz CT molecular complexity index is 146. The van der Waals surface area contributed by atoms with Gasteiger partial charge < -0.3 is 10.2 Å². The van der Waals surface area contributed by atoms with Crippen molar-refractivity contribution in [3.8, 4) is 0 Å². The molecule has 0 rings (SSSR count). The van der Waals surface area contributed by atoms with Crippen LogP contribution in [0, 0.1) is 0 Å². The van der Waals surface area contributed by atoms with Gasteiger partial charge in [0.2, 0.25) is 0 Å². The summed E-state index contributed by atoms with van der Waals surface area (Å²) in [6.45, 7) is 6.49. The van der Waals surface area contributed by atoms with E-state index in [1.807, 2.05) is 0 Å². The van der Waals surface area contributed by atoms with E-state index in [4.69, 9.17) is 5.11 Å². The first-order valence-corrected chi connectivity index (χ1v) is 3.07. The third-order valence-electron chi connectivity index (χ3n) is 1.57. The summed E-state index contributed by atoms with van der Waals surface area (Å²) in [6.07, 6.45) is 0.150.